The average Bonchev–Trinajstić information content (AvgIpc) is 2.33. The SMILES string of the molecule is CCOc1ccc(NC(=O)CNC)cc1OCC. The second-order valence-corrected chi connectivity index (χ2v) is 3.61. The number of hydrogen-bond donors (Lipinski definition) is 2. The predicted octanol–water partition coefficient (Wildman–Crippen LogP) is 1.64. The number of carbonyl (C=O) groups is 1. The Hall–Kier alpha value is -1.75. The summed E-state index contributed by atoms with van der Waals surface area (Å²) in [6.45, 7) is 5.22. The lowest BCUT2D eigenvalue weighted by Crippen LogP contribution is -2.25. The molecule has 0 saturated heterocycles. The number of carbonyl (C=O) groups excluding carboxylic acids is 1. The molecular weight excluding hydrogens is 232 g/mol. The quantitative estimate of drug-likeness (QED) is 0.774. The molecule has 0 fully saturated rings. The van der Waals surface area contributed by atoms with Gasteiger partial charge < -0.3 is 20.1 Å². The van der Waals surface area contributed by atoms with Gasteiger partial charge in [-0.3, -0.25) is 4.79 Å². The number of amides is 1. The summed E-state index contributed by atoms with van der Waals surface area (Å²) < 4.78 is 10.9. The lowest BCUT2D eigenvalue weighted by atomic mass is 10.2. The van der Waals surface area contributed by atoms with Crippen LogP contribution in [0, 0.1) is 0 Å². The molecule has 100 valence electrons. The van der Waals surface area contributed by atoms with Crippen LogP contribution in [0.4, 0.5) is 5.69 Å². The Morgan fingerprint density at radius 2 is 1.83 bits per heavy atom. The second kappa shape index (κ2) is 7.55. The van der Waals surface area contributed by atoms with E-state index in [4.69, 9.17) is 9.47 Å². The van der Waals surface area contributed by atoms with Gasteiger partial charge in [0.2, 0.25) is 5.91 Å². The number of ether oxygens (including phenoxy) is 2. The van der Waals surface area contributed by atoms with Crippen molar-refractivity contribution in [3.05, 3.63) is 18.2 Å². The number of hydrogen-bond acceptors (Lipinski definition) is 4. The van der Waals surface area contributed by atoms with E-state index in [-0.39, 0.29) is 12.5 Å². The van der Waals surface area contributed by atoms with E-state index >= 15 is 0 Å². The summed E-state index contributed by atoms with van der Waals surface area (Å²) in [4.78, 5) is 11.4. The largest absolute Gasteiger partial charge is 0.490 e. The van der Waals surface area contributed by atoms with Crippen LogP contribution in [0.2, 0.25) is 0 Å². The minimum Gasteiger partial charge on any atom is -0.490 e. The van der Waals surface area contributed by atoms with Gasteiger partial charge in [-0.15, -0.1) is 0 Å². The standard InChI is InChI=1S/C13H20N2O3/c1-4-17-11-7-6-10(8-12(11)18-5-2)15-13(16)9-14-3/h6-8,14H,4-5,9H2,1-3H3,(H,15,16). The van der Waals surface area contributed by atoms with Gasteiger partial charge in [0.05, 0.1) is 19.8 Å². The van der Waals surface area contributed by atoms with Gasteiger partial charge in [-0.1, -0.05) is 0 Å². The van der Waals surface area contributed by atoms with Crippen LogP contribution < -0.4 is 20.1 Å². The smallest absolute Gasteiger partial charge is 0.238 e. The third-order valence-corrected chi connectivity index (χ3v) is 2.16. The van der Waals surface area contributed by atoms with Crippen molar-refractivity contribution in [3.63, 3.8) is 0 Å². The number of likely N-dealkylation sites (N-methyl/N-ethyl adjacent to an activating group) is 1. The molecule has 0 aromatic heterocycles. The van der Waals surface area contributed by atoms with Crippen molar-refractivity contribution in [1.29, 1.82) is 0 Å². The molecule has 18 heavy (non-hydrogen) atoms. The van der Waals surface area contributed by atoms with E-state index in [1.807, 2.05) is 13.8 Å². The molecule has 5 heteroatoms. The van der Waals surface area contributed by atoms with E-state index in [1.165, 1.54) is 0 Å². The fourth-order valence-corrected chi connectivity index (χ4v) is 1.49. The first-order chi connectivity index (χ1) is 8.71. The molecule has 1 aromatic rings. The Bertz CT molecular complexity index is 394. The van der Waals surface area contributed by atoms with Crippen molar-refractivity contribution < 1.29 is 14.3 Å². The number of nitrogens with one attached hydrogen (secondary N) is 2. The summed E-state index contributed by atoms with van der Waals surface area (Å²) in [7, 11) is 1.73. The van der Waals surface area contributed by atoms with E-state index < -0.39 is 0 Å². The molecule has 1 aromatic carbocycles. The fraction of sp³-hybridized carbons (Fsp3) is 0.462. The predicted molar refractivity (Wildman–Crippen MR) is 71.3 cm³/mol. The molecule has 0 bridgehead atoms. The lowest BCUT2D eigenvalue weighted by Gasteiger charge is -2.12. The molecule has 0 radical (unpaired) electrons. The fourth-order valence-electron chi connectivity index (χ4n) is 1.49. The van der Waals surface area contributed by atoms with Gasteiger partial charge in [-0.2, -0.15) is 0 Å². The van der Waals surface area contributed by atoms with Gasteiger partial charge in [-0.25, -0.2) is 0 Å². The van der Waals surface area contributed by atoms with Crippen LogP contribution >= 0.6 is 0 Å². The summed E-state index contributed by atoms with van der Waals surface area (Å²) in [6.07, 6.45) is 0. The Balaban J connectivity index is 2.81. The van der Waals surface area contributed by atoms with Crippen molar-refractivity contribution in [2.45, 2.75) is 13.8 Å². The van der Waals surface area contributed by atoms with Crippen molar-refractivity contribution in [2.24, 2.45) is 0 Å². The maximum Gasteiger partial charge on any atom is 0.238 e. The molecule has 0 aliphatic rings. The van der Waals surface area contributed by atoms with Gasteiger partial charge >= 0.3 is 0 Å². The van der Waals surface area contributed by atoms with Gasteiger partial charge in [-0.05, 0) is 33.0 Å². The van der Waals surface area contributed by atoms with Gasteiger partial charge in [0, 0.05) is 11.8 Å². The first kappa shape index (κ1) is 14.3. The lowest BCUT2D eigenvalue weighted by molar-refractivity contribution is -0.115. The minimum atomic E-state index is -0.0934. The van der Waals surface area contributed by atoms with Gasteiger partial charge in [0.25, 0.3) is 0 Å². The van der Waals surface area contributed by atoms with Crippen LogP contribution in [-0.2, 0) is 4.79 Å². The molecular formula is C13H20N2O3. The number of rotatable bonds is 7. The zero-order valence-corrected chi connectivity index (χ0v) is 11.1. The Labute approximate surface area is 107 Å². The molecule has 5 nitrogen and oxygen atoms in total. The van der Waals surface area contributed by atoms with E-state index in [9.17, 15) is 4.79 Å². The minimum absolute atomic E-state index is 0.0934. The normalized spacial score (nSPS) is 9.94. The summed E-state index contributed by atoms with van der Waals surface area (Å²) in [5.74, 6) is 1.23. The molecule has 0 aliphatic heterocycles. The second-order valence-electron chi connectivity index (χ2n) is 3.61. The van der Waals surface area contributed by atoms with Crippen LogP contribution in [0.15, 0.2) is 18.2 Å². The van der Waals surface area contributed by atoms with Crippen LogP contribution in [0.5, 0.6) is 11.5 Å². The molecule has 0 heterocycles. The Kier molecular flexibility index (Phi) is 6.00. The Morgan fingerprint density at radius 3 is 2.44 bits per heavy atom. The molecule has 0 saturated carbocycles. The molecule has 0 unspecified atom stereocenters. The van der Waals surface area contributed by atoms with Crippen LogP contribution in [0.3, 0.4) is 0 Å². The van der Waals surface area contributed by atoms with Crippen molar-refractivity contribution in [2.75, 3.05) is 32.1 Å². The monoisotopic (exact) mass is 252 g/mol. The maximum absolute atomic E-state index is 11.4. The first-order valence-corrected chi connectivity index (χ1v) is 6.05. The molecule has 0 spiro atoms. The summed E-state index contributed by atoms with van der Waals surface area (Å²) in [5, 5.41) is 5.57. The third kappa shape index (κ3) is 4.25. The highest BCUT2D eigenvalue weighted by Gasteiger charge is 2.07. The molecule has 0 atom stereocenters. The van der Waals surface area contributed by atoms with Crippen molar-refractivity contribution in [3.8, 4) is 11.5 Å². The zero-order valence-electron chi connectivity index (χ0n) is 11.1. The third-order valence-electron chi connectivity index (χ3n) is 2.16. The molecule has 1 amide bonds. The molecule has 1 rings (SSSR count). The highest BCUT2D eigenvalue weighted by Crippen LogP contribution is 2.30. The van der Waals surface area contributed by atoms with Gasteiger partial charge in [0.15, 0.2) is 11.5 Å². The summed E-state index contributed by atoms with van der Waals surface area (Å²) in [6, 6.07) is 5.35. The van der Waals surface area contributed by atoms with Crippen LogP contribution in [-0.4, -0.2) is 32.7 Å². The zero-order chi connectivity index (χ0) is 13.4. The van der Waals surface area contributed by atoms with E-state index in [0.29, 0.717) is 30.4 Å². The molecule has 0 aliphatic carbocycles. The average molecular weight is 252 g/mol. The first-order valence-electron chi connectivity index (χ1n) is 6.05. The van der Waals surface area contributed by atoms with E-state index in [0.717, 1.165) is 0 Å². The highest BCUT2D eigenvalue weighted by atomic mass is 16.5. The van der Waals surface area contributed by atoms with Crippen LogP contribution in [0.25, 0.3) is 0 Å². The summed E-state index contributed by atoms with van der Waals surface area (Å²) >= 11 is 0. The Morgan fingerprint density at radius 1 is 1.17 bits per heavy atom. The van der Waals surface area contributed by atoms with E-state index in [1.54, 1.807) is 25.2 Å². The maximum atomic E-state index is 11.4. The summed E-state index contributed by atoms with van der Waals surface area (Å²) in [5.41, 5.74) is 0.696. The number of anilines is 1. The highest BCUT2D eigenvalue weighted by molar-refractivity contribution is 5.92. The topological polar surface area (TPSA) is 59.6 Å². The van der Waals surface area contributed by atoms with E-state index in [2.05, 4.69) is 10.6 Å². The van der Waals surface area contributed by atoms with Crippen molar-refractivity contribution in [1.82, 2.24) is 5.32 Å². The number of benzene rings is 1. The van der Waals surface area contributed by atoms with Gasteiger partial charge in [0.1, 0.15) is 0 Å². The van der Waals surface area contributed by atoms with Crippen LogP contribution in [0.1, 0.15) is 13.8 Å². The van der Waals surface area contributed by atoms with Crippen molar-refractivity contribution >= 4 is 11.6 Å². The molecule has 2 N–H and O–H groups in total.